The third-order valence-electron chi connectivity index (χ3n) is 3.00. The molecular weight excluding hydrogens is 204 g/mol. The molecule has 1 aromatic carbocycles. The lowest BCUT2D eigenvalue weighted by atomic mass is 10.0. The van der Waals surface area contributed by atoms with Crippen LogP contribution in [0, 0.1) is 0 Å². The first-order valence-electron chi connectivity index (χ1n) is 5.46. The van der Waals surface area contributed by atoms with Crippen LogP contribution in [0.3, 0.4) is 0 Å². The Morgan fingerprint density at radius 1 is 1.56 bits per heavy atom. The minimum Gasteiger partial charge on any atom is -0.399 e. The first-order valence-corrected chi connectivity index (χ1v) is 5.46. The average molecular weight is 220 g/mol. The smallest absolute Gasteiger partial charge is 0.225 e. The lowest BCUT2D eigenvalue weighted by molar-refractivity contribution is -0.128. The number of likely N-dealkylation sites (N-methyl/N-ethyl adjacent to an activating group) is 1. The number of carbonyl (C=O) groups is 1. The van der Waals surface area contributed by atoms with Crippen LogP contribution >= 0.6 is 0 Å². The Morgan fingerprint density at radius 2 is 2.31 bits per heavy atom. The highest BCUT2D eigenvalue weighted by Crippen LogP contribution is 2.33. The van der Waals surface area contributed by atoms with E-state index in [9.17, 15) is 9.90 Å². The summed E-state index contributed by atoms with van der Waals surface area (Å²) in [4.78, 5) is 13.3. The van der Waals surface area contributed by atoms with Crippen molar-refractivity contribution >= 4 is 11.6 Å². The van der Waals surface area contributed by atoms with Gasteiger partial charge in [0.15, 0.2) is 0 Å². The molecule has 0 bridgehead atoms. The molecule has 0 spiro atoms. The highest BCUT2D eigenvalue weighted by molar-refractivity contribution is 5.80. The number of anilines is 1. The van der Waals surface area contributed by atoms with Crippen molar-refractivity contribution in [2.75, 3.05) is 12.3 Å². The fourth-order valence-corrected chi connectivity index (χ4v) is 2.29. The molecule has 1 aliphatic heterocycles. The van der Waals surface area contributed by atoms with Gasteiger partial charge in [-0.25, -0.2) is 0 Å². The Kier molecular flexibility index (Phi) is 2.83. The number of benzene rings is 1. The Bertz CT molecular complexity index is 406. The van der Waals surface area contributed by atoms with Crippen LogP contribution < -0.4 is 5.73 Å². The van der Waals surface area contributed by atoms with Gasteiger partial charge in [-0.3, -0.25) is 4.79 Å². The Labute approximate surface area is 94.7 Å². The van der Waals surface area contributed by atoms with Crippen molar-refractivity contribution in [3.8, 4) is 0 Å². The Morgan fingerprint density at radius 3 is 2.94 bits per heavy atom. The average Bonchev–Trinajstić information content (AvgIpc) is 2.52. The molecule has 2 atom stereocenters. The molecule has 0 saturated carbocycles. The standard InChI is InChI=1S/C12H16N2O2/c1-2-14-11(16)7-10(15)12(14)8-4-3-5-9(13)6-8/h3-6,10,12,15H,2,7,13H2,1H3. The maximum Gasteiger partial charge on any atom is 0.225 e. The molecule has 3 N–H and O–H groups in total. The monoisotopic (exact) mass is 220 g/mol. The van der Waals surface area contributed by atoms with Gasteiger partial charge in [-0.1, -0.05) is 12.1 Å². The SMILES string of the molecule is CCN1C(=O)CC(O)C1c1cccc(N)c1. The van der Waals surface area contributed by atoms with Crippen LogP contribution in [0.2, 0.25) is 0 Å². The number of likely N-dealkylation sites (tertiary alicyclic amines) is 1. The number of hydrogen-bond acceptors (Lipinski definition) is 3. The summed E-state index contributed by atoms with van der Waals surface area (Å²) in [5.74, 6) is 0.00224. The van der Waals surface area contributed by atoms with Gasteiger partial charge >= 0.3 is 0 Å². The molecule has 86 valence electrons. The second-order valence-corrected chi connectivity index (χ2v) is 4.07. The third kappa shape index (κ3) is 1.76. The maximum absolute atomic E-state index is 11.6. The van der Waals surface area contributed by atoms with E-state index < -0.39 is 6.10 Å². The molecular formula is C12H16N2O2. The van der Waals surface area contributed by atoms with Crippen LogP contribution in [0.4, 0.5) is 5.69 Å². The summed E-state index contributed by atoms with van der Waals surface area (Å²) < 4.78 is 0. The molecule has 0 aliphatic carbocycles. The van der Waals surface area contributed by atoms with Gasteiger partial charge in [-0.05, 0) is 24.6 Å². The van der Waals surface area contributed by atoms with Crippen molar-refractivity contribution in [1.29, 1.82) is 0 Å². The second-order valence-electron chi connectivity index (χ2n) is 4.07. The zero-order chi connectivity index (χ0) is 11.7. The lowest BCUT2D eigenvalue weighted by Crippen LogP contribution is -2.29. The molecule has 4 heteroatoms. The highest BCUT2D eigenvalue weighted by atomic mass is 16.3. The normalized spacial score (nSPS) is 25.1. The molecule has 4 nitrogen and oxygen atoms in total. The van der Waals surface area contributed by atoms with Crippen molar-refractivity contribution in [2.45, 2.75) is 25.5 Å². The van der Waals surface area contributed by atoms with Gasteiger partial charge < -0.3 is 15.7 Å². The van der Waals surface area contributed by atoms with Crippen LogP contribution in [0.1, 0.15) is 24.9 Å². The lowest BCUT2D eigenvalue weighted by Gasteiger charge is -2.25. The number of aliphatic hydroxyl groups excluding tert-OH is 1. The van der Waals surface area contributed by atoms with Crippen LogP contribution in [0.25, 0.3) is 0 Å². The quantitative estimate of drug-likeness (QED) is 0.728. The summed E-state index contributed by atoms with van der Waals surface area (Å²) in [6.45, 7) is 2.52. The van der Waals surface area contributed by atoms with Crippen molar-refractivity contribution < 1.29 is 9.90 Å². The molecule has 1 aromatic rings. The zero-order valence-electron chi connectivity index (χ0n) is 9.26. The molecule has 2 unspecified atom stereocenters. The van der Waals surface area contributed by atoms with E-state index in [1.54, 1.807) is 11.0 Å². The number of aliphatic hydroxyl groups is 1. The summed E-state index contributed by atoms with van der Waals surface area (Å²) in [5, 5.41) is 9.90. The molecule has 16 heavy (non-hydrogen) atoms. The number of nitrogen functional groups attached to an aromatic ring is 1. The molecule has 1 heterocycles. The number of nitrogens with two attached hydrogens (primary N) is 1. The van der Waals surface area contributed by atoms with Crippen molar-refractivity contribution in [1.82, 2.24) is 4.90 Å². The number of rotatable bonds is 2. The van der Waals surface area contributed by atoms with Gasteiger partial charge in [0.1, 0.15) is 0 Å². The van der Waals surface area contributed by atoms with Gasteiger partial charge in [0.05, 0.1) is 18.6 Å². The minimum atomic E-state index is -0.630. The summed E-state index contributed by atoms with van der Waals surface area (Å²) in [6, 6.07) is 7.10. The van der Waals surface area contributed by atoms with Crippen LogP contribution in [-0.2, 0) is 4.79 Å². The minimum absolute atomic E-state index is 0.00224. The molecule has 0 radical (unpaired) electrons. The van der Waals surface area contributed by atoms with E-state index >= 15 is 0 Å². The van der Waals surface area contributed by atoms with Crippen LogP contribution in [0.5, 0.6) is 0 Å². The van der Waals surface area contributed by atoms with Gasteiger partial charge in [0, 0.05) is 12.2 Å². The Hall–Kier alpha value is -1.55. The molecule has 1 amide bonds. The van der Waals surface area contributed by atoms with Crippen molar-refractivity contribution in [2.24, 2.45) is 0 Å². The van der Waals surface area contributed by atoms with Crippen molar-refractivity contribution in [3.05, 3.63) is 29.8 Å². The second kappa shape index (κ2) is 4.14. The molecule has 1 fully saturated rings. The van der Waals surface area contributed by atoms with Gasteiger partial charge in [0.2, 0.25) is 5.91 Å². The fraction of sp³-hybridized carbons (Fsp3) is 0.417. The largest absolute Gasteiger partial charge is 0.399 e. The van der Waals surface area contributed by atoms with E-state index in [-0.39, 0.29) is 18.4 Å². The van der Waals surface area contributed by atoms with Gasteiger partial charge in [0.25, 0.3) is 0 Å². The number of nitrogens with zero attached hydrogens (tertiary/aromatic N) is 1. The Balaban J connectivity index is 2.35. The summed E-state index contributed by atoms with van der Waals surface area (Å²) in [5.41, 5.74) is 7.26. The number of carbonyl (C=O) groups excluding carboxylic acids is 1. The molecule has 1 aliphatic rings. The summed E-state index contributed by atoms with van der Waals surface area (Å²) in [6.07, 6.45) is -0.429. The molecule has 2 rings (SSSR count). The topological polar surface area (TPSA) is 66.6 Å². The molecule has 0 aromatic heterocycles. The predicted molar refractivity (Wildman–Crippen MR) is 61.6 cm³/mol. The van der Waals surface area contributed by atoms with Gasteiger partial charge in [-0.2, -0.15) is 0 Å². The van der Waals surface area contributed by atoms with Crippen molar-refractivity contribution in [3.63, 3.8) is 0 Å². The van der Waals surface area contributed by atoms with Crippen LogP contribution in [0.15, 0.2) is 24.3 Å². The summed E-state index contributed by atoms with van der Waals surface area (Å²) in [7, 11) is 0. The number of amides is 1. The first-order chi connectivity index (χ1) is 7.63. The zero-order valence-corrected chi connectivity index (χ0v) is 9.26. The van der Waals surface area contributed by atoms with Crippen LogP contribution in [-0.4, -0.2) is 28.6 Å². The van der Waals surface area contributed by atoms with E-state index in [0.717, 1.165) is 5.56 Å². The van der Waals surface area contributed by atoms with E-state index in [4.69, 9.17) is 5.73 Å². The number of hydrogen-bond donors (Lipinski definition) is 2. The van der Waals surface area contributed by atoms with Gasteiger partial charge in [-0.15, -0.1) is 0 Å². The predicted octanol–water partition coefficient (Wildman–Crippen LogP) is 0.923. The fourth-order valence-electron chi connectivity index (χ4n) is 2.29. The van der Waals surface area contributed by atoms with E-state index in [0.29, 0.717) is 12.2 Å². The van der Waals surface area contributed by atoms with E-state index in [1.165, 1.54) is 0 Å². The third-order valence-corrected chi connectivity index (χ3v) is 3.00. The van der Waals surface area contributed by atoms with E-state index in [2.05, 4.69) is 0 Å². The summed E-state index contributed by atoms with van der Waals surface area (Å²) >= 11 is 0. The molecule has 1 saturated heterocycles. The van der Waals surface area contributed by atoms with E-state index in [1.807, 2.05) is 25.1 Å². The first kappa shape index (κ1) is 11.0. The highest BCUT2D eigenvalue weighted by Gasteiger charge is 2.38. The maximum atomic E-state index is 11.6.